The van der Waals surface area contributed by atoms with E-state index < -0.39 is 5.60 Å². The van der Waals surface area contributed by atoms with Crippen LogP contribution < -0.4 is 0 Å². The van der Waals surface area contributed by atoms with E-state index in [0.29, 0.717) is 32.6 Å². The highest BCUT2D eigenvalue weighted by Crippen LogP contribution is 2.34. The van der Waals surface area contributed by atoms with Gasteiger partial charge in [0.1, 0.15) is 12.2 Å². The molecule has 3 heterocycles. The van der Waals surface area contributed by atoms with Gasteiger partial charge in [0.15, 0.2) is 5.78 Å². The largest absolute Gasteiger partial charge is 0.381 e. The maximum atomic E-state index is 12.7. The molecule has 0 radical (unpaired) electrons. The highest BCUT2D eigenvalue weighted by atomic mass is 79.9. The molecule has 3 aliphatic heterocycles. The SMILES string of the molecule is O=C1CO[C@H]2CCN(C(=O)N3CC(O)(c4ccc(Br)cc4)C3)C[C@H]2C1. The second kappa shape index (κ2) is 6.37. The van der Waals surface area contributed by atoms with Crippen molar-refractivity contribution in [3.05, 3.63) is 34.3 Å². The number of fused-ring (bicyclic) bond motifs is 1. The van der Waals surface area contributed by atoms with Gasteiger partial charge in [0.25, 0.3) is 0 Å². The van der Waals surface area contributed by atoms with Gasteiger partial charge in [-0.1, -0.05) is 28.1 Å². The number of β-amino-alcohol motifs (C(OH)–C–C–N with tert-alkyl or cyclic N) is 1. The molecule has 1 N–H and O–H groups in total. The van der Waals surface area contributed by atoms with E-state index in [2.05, 4.69) is 15.9 Å². The summed E-state index contributed by atoms with van der Waals surface area (Å²) >= 11 is 3.38. The summed E-state index contributed by atoms with van der Waals surface area (Å²) in [6, 6.07) is 7.48. The summed E-state index contributed by atoms with van der Waals surface area (Å²) in [7, 11) is 0. The van der Waals surface area contributed by atoms with E-state index in [9.17, 15) is 14.7 Å². The summed E-state index contributed by atoms with van der Waals surface area (Å²) in [6.45, 7) is 2.01. The number of ketones is 1. The van der Waals surface area contributed by atoms with Gasteiger partial charge in [0.2, 0.25) is 0 Å². The van der Waals surface area contributed by atoms with E-state index in [-0.39, 0.29) is 30.4 Å². The van der Waals surface area contributed by atoms with E-state index in [1.54, 1.807) is 9.80 Å². The van der Waals surface area contributed by atoms with Gasteiger partial charge in [-0.15, -0.1) is 0 Å². The molecule has 1 aromatic carbocycles. The van der Waals surface area contributed by atoms with Crippen LogP contribution in [-0.4, -0.2) is 65.6 Å². The standard InChI is InChI=1S/C18H21BrN2O4/c19-14-3-1-13(2-4-14)18(24)10-21(11-18)17(23)20-6-5-16-12(8-20)7-15(22)9-25-16/h1-4,12,16,24H,5-11H2/t12-,16+/m1/s1. The molecular weight excluding hydrogens is 388 g/mol. The van der Waals surface area contributed by atoms with Crippen molar-refractivity contribution in [3.8, 4) is 0 Å². The Kier molecular flexibility index (Phi) is 4.33. The van der Waals surface area contributed by atoms with Crippen LogP contribution in [0, 0.1) is 5.92 Å². The van der Waals surface area contributed by atoms with E-state index in [0.717, 1.165) is 16.5 Å². The number of rotatable bonds is 1. The molecule has 3 saturated heterocycles. The molecule has 0 aromatic heterocycles. The summed E-state index contributed by atoms with van der Waals surface area (Å²) < 4.78 is 6.54. The van der Waals surface area contributed by atoms with Gasteiger partial charge < -0.3 is 19.6 Å². The number of urea groups is 1. The molecule has 3 aliphatic rings. The Morgan fingerprint density at radius 2 is 1.96 bits per heavy atom. The van der Waals surface area contributed by atoms with Crippen molar-refractivity contribution in [2.45, 2.75) is 24.5 Å². The molecule has 3 fully saturated rings. The Morgan fingerprint density at radius 3 is 2.68 bits per heavy atom. The fourth-order valence-corrected chi connectivity index (χ4v) is 4.28. The van der Waals surface area contributed by atoms with Crippen LogP contribution >= 0.6 is 15.9 Å². The lowest BCUT2D eigenvalue weighted by molar-refractivity contribution is -0.140. The van der Waals surface area contributed by atoms with E-state index >= 15 is 0 Å². The topological polar surface area (TPSA) is 70.1 Å². The van der Waals surface area contributed by atoms with Crippen LogP contribution in [0.25, 0.3) is 0 Å². The lowest BCUT2D eigenvalue weighted by atomic mass is 9.85. The molecule has 0 saturated carbocycles. The number of hydrogen-bond acceptors (Lipinski definition) is 4. The first kappa shape index (κ1) is 17.0. The summed E-state index contributed by atoms with van der Waals surface area (Å²) in [4.78, 5) is 27.8. The van der Waals surface area contributed by atoms with Crippen LogP contribution in [0.2, 0.25) is 0 Å². The number of piperidine rings is 1. The molecule has 134 valence electrons. The monoisotopic (exact) mass is 408 g/mol. The molecule has 2 amide bonds. The summed E-state index contributed by atoms with van der Waals surface area (Å²) in [5.41, 5.74) is -0.150. The van der Waals surface area contributed by atoms with Crippen LogP contribution in [-0.2, 0) is 15.1 Å². The van der Waals surface area contributed by atoms with Crippen LogP contribution in [0.4, 0.5) is 4.79 Å². The number of likely N-dealkylation sites (tertiary alicyclic amines) is 2. The molecule has 25 heavy (non-hydrogen) atoms. The van der Waals surface area contributed by atoms with Gasteiger partial charge in [-0.05, 0) is 24.1 Å². The van der Waals surface area contributed by atoms with Gasteiger partial charge in [-0.2, -0.15) is 0 Å². The highest BCUT2D eigenvalue weighted by Gasteiger charge is 2.47. The number of carbonyl (C=O) groups excluding carboxylic acids is 2. The van der Waals surface area contributed by atoms with Crippen LogP contribution in [0.3, 0.4) is 0 Å². The minimum Gasteiger partial charge on any atom is -0.381 e. The number of ether oxygens (including phenoxy) is 1. The zero-order valence-corrected chi connectivity index (χ0v) is 15.4. The minimum atomic E-state index is -0.974. The second-order valence-electron chi connectivity index (χ2n) is 7.26. The first-order valence-corrected chi connectivity index (χ1v) is 9.39. The Hall–Kier alpha value is -1.44. The molecule has 2 atom stereocenters. The fourth-order valence-electron chi connectivity index (χ4n) is 4.01. The lowest BCUT2D eigenvalue weighted by Gasteiger charge is -2.49. The molecule has 0 aliphatic carbocycles. The van der Waals surface area contributed by atoms with Crippen molar-refractivity contribution in [2.24, 2.45) is 5.92 Å². The zero-order chi connectivity index (χ0) is 17.6. The smallest absolute Gasteiger partial charge is 0.320 e. The third kappa shape index (κ3) is 3.20. The lowest BCUT2D eigenvalue weighted by Crippen LogP contribution is -2.65. The van der Waals surface area contributed by atoms with Gasteiger partial charge in [-0.3, -0.25) is 4.79 Å². The van der Waals surface area contributed by atoms with Gasteiger partial charge in [0, 0.05) is 29.9 Å². The number of nitrogens with zero attached hydrogens (tertiary/aromatic N) is 2. The molecule has 7 heteroatoms. The van der Waals surface area contributed by atoms with Crippen molar-refractivity contribution in [1.29, 1.82) is 0 Å². The molecule has 0 spiro atoms. The zero-order valence-electron chi connectivity index (χ0n) is 13.9. The fraction of sp³-hybridized carbons (Fsp3) is 0.556. The average Bonchev–Trinajstić information content (AvgIpc) is 2.58. The van der Waals surface area contributed by atoms with Gasteiger partial charge in [-0.25, -0.2) is 4.79 Å². The molecular formula is C18H21BrN2O4. The van der Waals surface area contributed by atoms with Crippen LogP contribution in [0.15, 0.2) is 28.7 Å². The Labute approximate surface area is 154 Å². The predicted octanol–water partition coefficient (Wildman–Crippen LogP) is 1.75. The molecule has 0 unspecified atom stereocenters. The highest BCUT2D eigenvalue weighted by molar-refractivity contribution is 9.10. The Bertz CT molecular complexity index is 687. The van der Waals surface area contributed by atoms with E-state index in [4.69, 9.17) is 4.74 Å². The molecule has 6 nitrogen and oxygen atoms in total. The van der Waals surface area contributed by atoms with Crippen molar-refractivity contribution >= 4 is 27.7 Å². The third-order valence-corrected chi connectivity index (χ3v) is 5.97. The average molecular weight is 409 g/mol. The summed E-state index contributed by atoms with van der Waals surface area (Å²) in [6.07, 6.45) is 1.36. The van der Waals surface area contributed by atoms with Crippen molar-refractivity contribution < 1.29 is 19.4 Å². The van der Waals surface area contributed by atoms with Crippen molar-refractivity contribution in [2.75, 3.05) is 32.8 Å². The number of halogens is 1. The van der Waals surface area contributed by atoms with Crippen molar-refractivity contribution in [3.63, 3.8) is 0 Å². The summed E-state index contributed by atoms with van der Waals surface area (Å²) in [5, 5.41) is 10.7. The first-order chi connectivity index (χ1) is 11.9. The number of benzene rings is 1. The predicted molar refractivity (Wildman–Crippen MR) is 94.1 cm³/mol. The van der Waals surface area contributed by atoms with Crippen LogP contribution in [0.5, 0.6) is 0 Å². The van der Waals surface area contributed by atoms with Crippen LogP contribution in [0.1, 0.15) is 18.4 Å². The number of Topliss-reactive ketones (excluding diaryl/α,β-unsaturated/α-hetero) is 1. The molecule has 0 bridgehead atoms. The van der Waals surface area contributed by atoms with E-state index in [1.807, 2.05) is 24.3 Å². The molecule has 4 rings (SSSR count). The Balaban J connectivity index is 1.37. The quantitative estimate of drug-likeness (QED) is 0.768. The maximum absolute atomic E-state index is 12.7. The maximum Gasteiger partial charge on any atom is 0.320 e. The Morgan fingerprint density at radius 1 is 1.24 bits per heavy atom. The molecule has 1 aromatic rings. The number of aliphatic hydroxyl groups is 1. The second-order valence-corrected chi connectivity index (χ2v) is 8.18. The van der Waals surface area contributed by atoms with Crippen molar-refractivity contribution in [1.82, 2.24) is 9.80 Å². The van der Waals surface area contributed by atoms with Gasteiger partial charge >= 0.3 is 6.03 Å². The number of carbonyl (C=O) groups is 2. The van der Waals surface area contributed by atoms with E-state index in [1.165, 1.54) is 0 Å². The third-order valence-electron chi connectivity index (χ3n) is 5.44. The van der Waals surface area contributed by atoms with Gasteiger partial charge in [0.05, 0.1) is 19.2 Å². The summed E-state index contributed by atoms with van der Waals surface area (Å²) in [5.74, 6) is 0.217. The minimum absolute atomic E-state index is 0.0572. The number of hydrogen-bond donors (Lipinski definition) is 1. The first-order valence-electron chi connectivity index (χ1n) is 8.60. The number of amides is 2. The normalized spacial score (nSPS) is 28.3.